The standard InChI is InChI=1S/C29H30N2O2/c32-28(20-19-23-12-4-1-5-13-23)30-21-11-3-8-18-29(33)31-26-17-10-9-16-25(26)22-27(31)24-14-6-2-7-15-24/h1-2,4-7,9-10,12-17,19-20,27H,3,8,11,18,21-22H2,(H,30,32)/b20-19+. The lowest BCUT2D eigenvalue weighted by Crippen LogP contribution is -2.32. The molecular weight excluding hydrogens is 408 g/mol. The molecule has 0 saturated heterocycles. The Hall–Kier alpha value is -3.66. The van der Waals surface area contributed by atoms with Crippen molar-refractivity contribution in [2.75, 3.05) is 11.4 Å². The zero-order chi connectivity index (χ0) is 22.9. The fraction of sp³-hybridized carbons (Fsp3) is 0.241. The third kappa shape index (κ3) is 5.98. The van der Waals surface area contributed by atoms with Crippen LogP contribution in [0.15, 0.2) is 91.0 Å². The Morgan fingerprint density at radius 1 is 0.848 bits per heavy atom. The van der Waals surface area contributed by atoms with Gasteiger partial charge >= 0.3 is 0 Å². The first-order chi connectivity index (χ1) is 16.2. The van der Waals surface area contributed by atoms with E-state index < -0.39 is 0 Å². The first kappa shape index (κ1) is 22.5. The van der Waals surface area contributed by atoms with E-state index in [0.717, 1.165) is 36.9 Å². The summed E-state index contributed by atoms with van der Waals surface area (Å²) >= 11 is 0. The van der Waals surface area contributed by atoms with Gasteiger partial charge < -0.3 is 10.2 Å². The number of nitrogens with zero attached hydrogens (tertiary/aromatic N) is 1. The topological polar surface area (TPSA) is 49.4 Å². The number of hydrogen-bond donors (Lipinski definition) is 1. The van der Waals surface area contributed by atoms with Crippen LogP contribution in [0.2, 0.25) is 0 Å². The Kier molecular flexibility index (Phi) is 7.70. The molecule has 3 aromatic rings. The van der Waals surface area contributed by atoms with E-state index in [4.69, 9.17) is 0 Å². The first-order valence-electron chi connectivity index (χ1n) is 11.7. The van der Waals surface area contributed by atoms with Gasteiger partial charge in [0, 0.05) is 24.7 Å². The smallest absolute Gasteiger partial charge is 0.243 e. The van der Waals surface area contributed by atoms with Gasteiger partial charge in [0.1, 0.15) is 0 Å². The minimum absolute atomic E-state index is 0.0618. The quantitative estimate of drug-likeness (QED) is 0.344. The van der Waals surface area contributed by atoms with Crippen molar-refractivity contribution in [1.82, 2.24) is 5.32 Å². The first-order valence-corrected chi connectivity index (χ1v) is 11.7. The summed E-state index contributed by atoms with van der Waals surface area (Å²) in [6, 6.07) is 28.3. The van der Waals surface area contributed by atoms with E-state index in [9.17, 15) is 9.59 Å². The molecule has 0 aromatic heterocycles. The predicted molar refractivity (Wildman–Crippen MR) is 134 cm³/mol. The van der Waals surface area contributed by atoms with Gasteiger partial charge in [-0.2, -0.15) is 0 Å². The summed E-state index contributed by atoms with van der Waals surface area (Å²) in [7, 11) is 0. The van der Waals surface area contributed by atoms with Gasteiger partial charge in [-0.15, -0.1) is 0 Å². The number of benzene rings is 3. The number of hydrogen-bond acceptors (Lipinski definition) is 2. The summed E-state index contributed by atoms with van der Waals surface area (Å²) in [4.78, 5) is 27.1. The van der Waals surface area contributed by atoms with Gasteiger partial charge in [0.25, 0.3) is 0 Å². The molecule has 0 fully saturated rings. The SMILES string of the molecule is O=C(/C=C/c1ccccc1)NCCCCCC(=O)N1c2ccccc2CC1c1ccccc1. The summed E-state index contributed by atoms with van der Waals surface area (Å²) in [6.07, 6.45) is 7.32. The average molecular weight is 439 g/mol. The van der Waals surface area contributed by atoms with Crippen LogP contribution in [0, 0.1) is 0 Å². The molecule has 1 N–H and O–H groups in total. The Bertz CT molecular complexity index is 1090. The Labute approximate surface area is 195 Å². The number of nitrogens with one attached hydrogen (secondary N) is 1. The monoisotopic (exact) mass is 438 g/mol. The molecule has 0 radical (unpaired) electrons. The fourth-order valence-electron chi connectivity index (χ4n) is 4.34. The highest BCUT2D eigenvalue weighted by molar-refractivity contribution is 5.96. The van der Waals surface area contributed by atoms with E-state index in [1.165, 1.54) is 11.1 Å². The second kappa shape index (κ2) is 11.3. The van der Waals surface area contributed by atoms with E-state index in [2.05, 4.69) is 29.6 Å². The summed E-state index contributed by atoms with van der Waals surface area (Å²) in [6.45, 7) is 0.616. The molecule has 4 rings (SSSR count). The van der Waals surface area contributed by atoms with E-state index in [-0.39, 0.29) is 17.9 Å². The lowest BCUT2D eigenvalue weighted by Gasteiger charge is -2.26. The number of rotatable bonds is 9. The number of fused-ring (bicyclic) bond motifs is 1. The molecule has 0 aliphatic carbocycles. The molecule has 1 aliphatic rings. The molecule has 1 aliphatic heterocycles. The maximum absolute atomic E-state index is 13.2. The number of para-hydroxylation sites is 1. The van der Waals surface area contributed by atoms with Gasteiger partial charge in [0.05, 0.1) is 6.04 Å². The Morgan fingerprint density at radius 3 is 2.33 bits per heavy atom. The molecule has 1 heterocycles. The van der Waals surface area contributed by atoms with Crippen LogP contribution < -0.4 is 10.2 Å². The molecule has 0 saturated carbocycles. The van der Waals surface area contributed by atoms with Crippen molar-refractivity contribution in [3.05, 3.63) is 108 Å². The Balaban J connectivity index is 1.23. The highest BCUT2D eigenvalue weighted by Crippen LogP contribution is 2.40. The van der Waals surface area contributed by atoms with Crippen LogP contribution >= 0.6 is 0 Å². The van der Waals surface area contributed by atoms with Crippen LogP contribution in [-0.4, -0.2) is 18.4 Å². The van der Waals surface area contributed by atoms with Crippen molar-refractivity contribution in [2.45, 2.75) is 38.1 Å². The average Bonchev–Trinajstić information content (AvgIpc) is 3.26. The van der Waals surface area contributed by atoms with E-state index in [1.54, 1.807) is 6.08 Å². The lowest BCUT2D eigenvalue weighted by molar-refractivity contribution is -0.119. The van der Waals surface area contributed by atoms with Crippen molar-refractivity contribution >= 4 is 23.6 Å². The number of carbonyl (C=O) groups is 2. The molecule has 33 heavy (non-hydrogen) atoms. The van der Waals surface area contributed by atoms with Crippen LogP contribution in [0.25, 0.3) is 6.08 Å². The fourth-order valence-corrected chi connectivity index (χ4v) is 4.34. The van der Waals surface area contributed by atoms with Crippen molar-refractivity contribution < 1.29 is 9.59 Å². The highest BCUT2D eigenvalue weighted by Gasteiger charge is 2.33. The number of carbonyl (C=O) groups excluding carboxylic acids is 2. The molecule has 3 aromatic carbocycles. The van der Waals surface area contributed by atoms with Crippen molar-refractivity contribution in [3.63, 3.8) is 0 Å². The molecule has 1 atom stereocenters. The summed E-state index contributed by atoms with van der Waals surface area (Å²) in [5, 5.41) is 2.92. The third-order valence-electron chi connectivity index (χ3n) is 6.02. The number of amides is 2. The van der Waals surface area contributed by atoms with Gasteiger partial charge in [0.15, 0.2) is 0 Å². The van der Waals surface area contributed by atoms with Crippen LogP contribution in [0.5, 0.6) is 0 Å². The largest absolute Gasteiger partial charge is 0.353 e. The zero-order valence-corrected chi connectivity index (χ0v) is 18.8. The molecule has 4 nitrogen and oxygen atoms in total. The second-order valence-electron chi connectivity index (χ2n) is 8.37. The summed E-state index contributed by atoms with van der Waals surface area (Å²) < 4.78 is 0. The van der Waals surface area contributed by atoms with Crippen LogP contribution in [0.4, 0.5) is 5.69 Å². The van der Waals surface area contributed by atoms with Gasteiger partial charge in [-0.05, 0) is 48.1 Å². The summed E-state index contributed by atoms with van der Waals surface area (Å²) in [5.74, 6) is 0.0814. The highest BCUT2D eigenvalue weighted by atomic mass is 16.2. The number of unbranched alkanes of at least 4 members (excludes halogenated alkanes) is 2. The normalized spacial score (nSPS) is 14.9. The third-order valence-corrected chi connectivity index (χ3v) is 6.02. The maximum Gasteiger partial charge on any atom is 0.243 e. The van der Waals surface area contributed by atoms with Gasteiger partial charge in [-0.25, -0.2) is 0 Å². The zero-order valence-electron chi connectivity index (χ0n) is 18.8. The lowest BCUT2D eigenvalue weighted by atomic mass is 10.0. The van der Waals surface area contributed by atoms with Crippen LogP contribution in [-0.2, 0) is 16.0 Å². The van der Waals surface area contributed by atoms with E-state index in [0.29, 0.717) is 13.0 Å². The number of anilines is 1. The van der Waals surface area contributed by atoms with Gasteiger partial charge in [-0.1, -0.05) is 85.3 Å². The minimum Gasteiger partial charge on any atom is -0.353 e. The molecular formula is C29H30N2O2. The van der Waals surface area contributed by atoms with Gasteiger partial charge in [0.2, 0.25) is 11.8 Å². The maximum atomic E-state index is 13.2. The summed E-state index contributed by atoms with van der Waals surface area (Å²) in [5.41, 5.74) is 4.44. The minimum atomic E-state index is -0.0886. The molecule has 1 unspecified atom stereocenters. The van der Waals surface area contributed by atoms with Crippen molar-refractivity contribution in [2.24, 2.45) is 0 Å². The molecule has 2 amide bonds. The van der Waals surface area contributed by atoms with Gasteiger partial charge in [-0.3, -0.25) is 9.59 Å². The van der Waals surface area contributed by atoms with Crippen LogP contribution in [0.1, 0.15) is 48.4 Å². The molecule has 168 valence electrons. The molecule has 0 bridgehead atoms. The molecule has 4 heteroatoms. The van der Waals surface area contributed by atoms with Crippen molar-refractivity contribution in [3.8, 4) is 0 Å². The van der Waals surface area contributed by atoms with E-state index >= 15 is 0 Å². The Morgan fingerprint density at radius 2 is 1.55 bits per heavy atom. The second-order valence-corrected chi connectivity index (χ2v) is 8.37. The van der Waals surface area contributed by atoms with Crippen molar-refractivity contribution in [1.29, 1.82) is 0 Å². The predicted octanol–water partition coefficient (Wildman–Crippen LogP) is 5.71. The van der Waals surface area contributed by atoms with Crippen LogP contribution in [0.3, 0.4) is 0 Å². The molecule has 0 spiro atoms. The van der Waals surface area contributed by atoms with E-state index in [1.807, 2.05) is 71.6 Å².